The van der Waals surface area contributed by atoms with Gasteiger partial charge in [-0.1, -0.05) is 0 Å². The second kappa shape index (κ2) is 4.59. The fourth-order valence-electron chi connectivity index (χ4n) is 1.37. The summed E-state index contributed by atoms with van der Waals surface area (Å²) in [6.45, 7) is 0. The molecule has 0 fully saturated rings. The Balaban J connectivity index is 2.27. The number of nitrogens with two attached hydrogens (primary N) is 1. The lowest BCUT2D eigenvalue weighted by Crippen LogP contribution is -2.15. The van der Waals surface area contributed by atoms with Crippen LogP contribution in [0.4, 0.5) is 0 Å². The maximum Gasteiger partial charge on any atom is 0.177 e. The van der Waals surface area contributed by atoms with E-state index in [2.05, 4.69) is 21.6 Å². The molecular weight excluding hydrogens is 210 g/mol. The second-order valence-corrected chi connectivity index (χ2v) is 4.23. The van der Waals surface area contributed by atoms with Crippen LogP contribution >= 0.6 is 11.8 Å². The summed E-state index contributed by atoms with van der Waals surface area (Å²) in [5, 5.41) is 12.3. The van der Waals surface area contributed by atoms with Gasteiger partial charge in [-0.3, -0.25) is 0 Å². The minimum absolute atomic E-state index is 0.0950. The molecule has 1 atom stereocenters. The summed E-state index contributed by atoms with van der Waals surface area (Å²) in [4.78, 5) is 0. The molecule has 0 spiro atoms. The van der Waals surface area contributed by atoms with Gasteiger partial charge < -0.3 is 5.73 Å². The first-order valence-corrected chi connectivity index (χ1v) is 6.13. The molecule has 5 nitrogen and oxygen atoms in total. The van der Waals surface area contributed by atoms with Crippen LogP contribution in [0.25, 0.3) is 5.65 Å². The van der Waals surface area contributed by atoms with Gasteiger partial charge >= 0.3 is 0 Å². The molecule has 2 heterocycles. The predicted octanol–water partition coefficient (Wildman–Crippen LogP) is 0.877. The predicted molar refractivity (Wildman–Crippen MR) is 60.7 cm³/mol. The van der Waals surface area contributed by atoms with E-state index in [0.29, 0.717) is 0 Å². The van der Waals surface area contributed by atoms with E-state index in [4.69, 9.17) is 5.73 Å². The maximum atomic E-state index is 6.01. The second-order valence-electron chi connectivity index (χ2n) is 3.24. The summed E-state index contributed by atoms with van der Waals surface area (Å²) in [7, 11) is 0. The van der Waals surface area contributed by atoms with E-state index in [0.717, 1.165) is 23.6 Å². The van der Waals surface area contributed by atoms with Crippen molar-refractivity contribution in [3.63, 3.8) is 0 Å². The molecule has 0 amide bonds. The maximum absolute atomic E-state index is 6.01. The third-order valence-electron chi connectivity index (χ3n) is 2.17. The minimum atomic E-state index is -0.0950. The molecule has 0 aromatic carbocycles. The zero-order chi connectivity index (χ0) is 10.7. The van der Waals surface area contributed by atoms with Crippen LogP contribution in [0.3, 0.4) is 0 Å². The standard InChI is InChI=1S/C9H13N5S/c1-15-6-4-7(10)9-13-12-8-3-2-5-11-14(8)9/h2-3,5,7H,4,6,10H2,1H3. The Kier molecular flexibility index (Phi) is 3.17. The molecule has 0 bridgehead atoms. The van der Waals surface area contributed by atoms with Crippen molar-refractivity contribution >= 4 is 17.4 Å². The van der Waals surface area contributed by atoms with Crippen LogP contribution in [0.15, 0.2) is 18.3 Å². The van der Waals surface area contributed by atoms with Crippen molar-refractivity contribution in [2.45, 2.75) is 12.5 Å². The number of hydrogen-bond donors (Lipinski definition) is 1. The lowest BCUT2D eigenvalue weighted by Gasteiger charge is -2.07. The Morgan fingerprint density at radius 2 is 2.40 bits per heavy atom. The lowest BCUT2D eigenvalue weighted by molar-refractivity contribution is 0.627. The molecule has 0 saturated carbocycles. The number of aromatic nitrogens is 4. The summed E-state index contributed by atoms with van der Waals surface area (Å²) in [5.74, 6) is 1.75. The summed E-state index contributed by atoms with van der Waals surface area (Å²) in [6.07, 6.45) is 4.66. The zero-order valence-electron chi connectivity index (χ0n) is 8.50. The van der Waals surface area contributed by atoms with Gasteiger partial charge in [-0.15, -0.1) is 10.2 Å². The molecule has 2 aromatic rings. The average Bonchev–Trinajstić information content (AvgIpc) is 2.69. The van der Waals surface area contributed by atoms with Gasteiger partial charge in [0.1, 0.15) is 0 Å². The molecule has 0 radical (unpaired) electrons. The fraction of sp³-hybridized carbons (Fsp3) is 0.444. The molecule has 2 rings (SSSR count). The number of nitrogens with zero attached hydrogens (tertiary/aromatic N) is 4. The van der Waals surface area contributed by atoms with Crippen molar-refractivity contribution in [3.05, 3.63) is 24.2 Å². The van der Waals surface area contributed by atoms with E-state index in [1.165, 1.54) is 0 Å². The van der Waals surface area contributed by atoms with Crippen molar-refractivity contribution in [2.24, 2.45) is 5.73 Å². The third-order valence-corrected chi connectivity index (χ3v) is 2.81. The van der Waals surface area contributed by atoms with Crippen LogP contribution in [0.2, 0.25) is 0 Å². The summed E-state index contributed by atoms with van der Waals surface area (Å²) in [5.41, 5.74) is 6.76. The van der Waals surface area contributed by atoms with Crippen molar-refractivity contribution in [2.75, 3.05) is 12.0 Å². The summed E-state index contributed by atoms with van der Waals surface area (Å²) < 4.78 is 1.70. The zero-order valence-corrected chi connectivity index (χ0v) is 9.31. The van der Waals surface area contributed by atoms with Gasteiger partial charge in [0.2, 0.25) is 0 Å². The smallest absolute Gasteiger partial charge is 0.177 e. The van der Waals surface area contributed by atoms with E-state index in [-0.39, 0.29) is 6.04 Å². The largest absolute Gasteiger partial charge is 0.321 e. The molecule has 2 aromatic heterocycles. The first-order valence-electron chi connectivity index (χ1n) is 4.74. The first kappa shape index (κ1) is 10.4. The Morgan fingerprint density at radius 1 is 1.53 bits per heavy atom. The Morgan fingerprint density at radius 3 is 3.20 bits per heavy atom. The van der Waals surface area contributed by atoms with Gasteiger partial charge in [-0.25, -0.2) is 0 Å². The van der Waals surface area contributed by atoms with Crippen LogP contribution in [-0.4, -0.2) is 31.8 Å². The van der Waals surface area contributed by atoms with Gasteiger partial charge in [0, 0.05) is 6.20 Å². The van der Waals surface area contributed by atoms with E-state index in [1.54, 1.807) is 22.5 Å². The summed E-state index contributed by atoms with van der Waals surface area (Å²) >= 11 is 1.77. The lowest BCUT2D eigenvalue weighted by atomic mass is 10.2. The van der Waals surface area contributed by atoms with Crippen molar-refractivity contribution in [3.8, 4) is 0 Å². The number of thioether (sulfide) groups is 1. The SMILES string of the molecule is CSCCC(N)c1nnc2cccnn12. The molecule has 0 saturated heterocycles. The monoisotopic (exact) mass is 223 g/mol. The topological polar surface area (TPSA) is 69.1 Å². The number of hydrogen-bond acceptors (Lipinski definition) is 5. The number of rotatable bonds is 4. The first-order chi connectivity index (χ1) is 7.33. The van der Waals surface area contributed by atoms with Crippen LogP contribution in [0.1, 0.15) is 18.3 Å². The van der Waals surface area contributed by atoms with Gasteiger partial charge in [-0.05, 0) is 30.6 Å². The van der Waals surface area contributed by atoms with Crippen molar-refractivity contribution in [1.29, 1.82) is 0 Å². The van der Waals surface area contributed by atoms with Crippen LogP contribution < -0.4 is 5.73 Å². The molecule has 15 heavy (non-hydrogen) atoms. The van der Waals surface area contributed by atoms with Crippen LogP contribution in [0.5, 0.6) is 0 Å². The van der Waals surface area contributed by atoms with Crippen LogP contribution in [0, 0.1) is 0 Å². The quantitative estimate of drug-likeness (QED) is 0.833. The average molecular weight is 223 g/mol. The van der Waals surface area contributed by atoms with Crippen molar-refractivity contribution in [1.82, 2.24) is 19.8 Å². The van der Waals surface area contributed by atoms with Gasteiger partial charge in [0.25, 0.3) is 0 Å². The van der Waals surface area contributed by atoms with Gasteiger partial charge in [0.05, 0.1) is 6.04 Å². The van der Waals surface area contributed by atoms with E-state index >= 15 is 0 Å². The third kappa shape index (κ3) is 2.10. The molecule has 1 unspecified atom stereocenters. The summed E-state index contributed by atoms with van der Waals surface area (Å²) in [6, 6.07) is 3.61. The number of fused-ring (bicyclic) bond motifs is 1. The Hall–Kier alpha value is -1.14. The van der Waals surface area contributed by atoms with Gasteiger partial charge in [0.15, 0.2) is 11.5 Å². The molecule has 2 N–H and O–H groups in total. The van der Waals surface area contributed by atoms with E-state index in [1.807, 2.05) is 12.1 Å². The molecule has 6 heteroatoms. The highest BCUT2D eigenvalue weighted by Gasteiger charge is 2.13. The normalized spacial score (nSPS) is 13.2. The molecule has 0 aliphatic carbocycles. The molecular formula is C9H13N5S. The fourth-order valence-corrected chi connectivity index (χ4v) is 1.86. The van der Waals surface area contributed by atoms with Crippen LogP contribution in [-0.2, 0) is 0 Å². The highest BCUT2D eigenvalue weighted by molar-refractivity contribution is 7.98. The highest BCUT2D eigenvalue weighted by atomic mass is 32.2. The Labute approximate surface area is 92.1 Å². The molecule has 0 aliphatic rings. The highest BCUT2D eigenvalue weighted by Crippen LogP contribution is 2.13. The van der Waals surface area contributed by atoms with E-state index in [9.17, 15) is 0 Å². The molecule has 80 valence electrons. The van der Waals surface area contributed by atoms with E-state index < -0.39 is 0 Å². The van der Waals surface area contributed by atoms with Gasteiger partial charge in [-0.2, -0.15) is 21.4 Å². The molecule has 0 aliphatic heterocycles. The minimum Gasteiger partial charge on any atom is -0.321 e. The Bertz CT molecular complexity index is 441. The van der Waals surface area contributed by atoms with Crippen molar-refractivity contribution < 1.29 is 0 Å².